The molecular formula is C46H60F2N6O5Si. The lowest BCUT2D eigenvalue weighted by molar-refractivity contribution is 0.00537. The first-order chi connectivity index (χ1) is 28.3. The molecule has 5 aliphatic heterocycles. The largest absolute Gasteiger partial charge is 0.475 e. The zero-order valence-corrected chi connectivity index (χ0v) is 37.6. The summed E-state index contributed by atoms with van der Waals surface area (Å²) in [5.41, 5.74) is 0.734. The number of aromatic nitrogens is 3. The molecule has 1 amide bonds. The van der Waals surface area contributed by atoms with E-state index in [0.717, 1.165) is 48.6 Å². The average molecular weight is 843 g/mol. The topological polar surface area (TPSA) is 102 Å². The smallest absolute Gasteiger partial charge is 0.410 e. The van der Waals surface area contributed by atoms with Crippen molar-refractivity contribution in [3.8, 4) is 23.1 Å². The fourth-order valence-electron chi connectivity index (χ4n) is 10.4. The number of benzene rings is 2. The number of rotatable bonds is 8. The number of alkyl halides is 1. The van der Waals surface area contributed by atoms with Gasteiger partial charge in [-0.1, -0.05) is 57.2 Å². The van der Waals surface area contributed by atoms with Gasteiger partial charge < -0.3 is 23.5 Å². The van der Waals surface area contributed by atoms with Gasteiger partial charge in [0, 0.05) is 31.2 Å². The minimum Gasteiger partial charge on any atom is -0.475 e. The molecule has 4 aromatic rings. The standard InChI is InChI=1S/C46H60F2N6O5Si/c1-27(59-60(8,9)45(5,6)7)21-29-15-10-13-28-14-11-16-32(35(28)29)38-37(48)39-36-40(51-42(50-39)57-26-46-19-12-20-52(46)23-30(47)22-46)53-24-31-17-18-33(34(53)25-56-41(36)49-38)54(31)43(55)58-44(2,3)4/h10-11,13-16,27,30-31,33-34H,12,17-26H2,1-9H3/t27?,30-,31-,33+,34-,46+/m1/s1. The van der Waals surface area contributed by atoms with Crippen LogP contribution in [0.1, 0.15) is 86.1 Å². The van der Waals surface area contributed by atoms with Gasteiger partial charge in [0.15, 0.2) is 14.1 Å². The summed E-state index contributed by atoms with van der Waals surface area (Å²) in [4.78, 5) is 34.7. The number of fused-ring (bicyclic) bond motifs is 7. The molecule has 0 saturated carbocycles. The van der Waals surface area contributed by atoms with E-state index in [-0.39, 0.29) is 71.7 Å². The summed E-state index contributed by atoms with van der Waals surface area (Å²) in [7, 11) is -2.06. The van der Waals surface area contributed by atoms with Crippen LogP contribution in [-0.4, -0.2) is 114 Å². The minimum absolute atomic E-state index is 0.0285. The molecule has 2 bridgehead atoms. The van der Waals surface area contributed by atoms with Gasteiger partial charge in [-0.2, -0.15) is 9.97 Å². The maximum Gasteiger partial charge on any atom is 0.410 e. The minimum atomic E-state index is -2.06. The van der Waals surface area contributed by atoms with Crippen molar-refractivity contribution in [1.82, 2.24) is 24.8 Å². The van der Waals surface area contributed by atoms with Gasteiger partial charge >= 0.3 is 12.1 Å². The van der Waals surface area contributed by atoms with E-state index in [1.807, 2.05) is 56.0 Å². The Labute approximate surface area is 353 Å². The number of anilines is 1. The van der Waals surface area contributed by atoms with Crippen molar-refractivity contribution in [2.24, 2.45) is 0 Å². The van der Waals surface area contributed by atoms with Crippen LogP contribution in [0, 0.1) is 5.82 Å². The fraction of sp³-hybridized carbons (Fsp3) is 0.609. The lowest BCUT2D eigenvalue weighted by Gasteiger charge is -2.46. The van der Waals surface area contributed by atoms with Gasteiger partial charge in [0.05, 0.1) is 23.7 Å². The zero-order chi connectivity index (χ0) is 42.5. The predicted octanol–water partition coefficient (Wildman–Crippen LogP) is 9.24. The lowest BCUT2D eigenvalue weighted by atomic mass is 9.94. The number of carbonyl (C=O) groups is 1. The quantitative estimate of drug-likeness (QED) is 0.160. The highest BCUT2D eigenvalue weighted by Gasteiger charge is 2.53. The summed E-state index contributed by atoms with van der Waals surface area (Å²) >= 11 is 0. The van der Waals surface area contributed by atoms with Crippen molar-refractivity contribution < 1.29 is 32.2 Å². The Kier molecular flexibility index (Phi) is 10.1. The van der Waals surface area contributed by atoms with Crippen molar-refractivity contribution in [1.29, 1.82) is 0 Å². The van der Waals surface area contributed by atoms with Crippen LogP contribution in [0.5, 0.6) is 11.9 Å². The van der Waals surface area contributed by atoms with Crippen LogP contribution in [0.4, 0.5) is 19.4 Å². The van der Waals surface area contributed by atoms with E-state index in [0.29, 0.717) is 42.7 Å². The van der Waals surface area contributed by atoms with Crippen LogP contribution in [0.15, 0.2) is 36.4 Å². The van der Waals surface area contributed by atoms with Gasteiger partial charge in [0.25, 0.3) is 0 Å². The van der Waals surface area contributed by atoms with E-state index in [2.05, 4.69) is 56.7 Å². The van der Waals surface area contributed by atoms with Crippen LogP contribution < -0.4 is 14.4 Å². The van der Waals surface area contributed by atoms with Crippen molar-refractivity contribution in [2.45, 2.75) is 147 Å². The van der Waals surface area contributed by atoms with E-state index in [1.165, 1.54) is 0 Å². The number of ether oxygens (including phenoxy) is 3. The highest BCUT2D eigenvalue weighted by atomic mass is 28.4. The molecule has 6 atom stereocenters. The molecule has 322 valence electrons. The van der Waals surface area contributed by atoms with Gasteiger partial charge in [-0.25, -0.2) is 18.6 Å². The Balaban J connectivity index is 1.15. The molecule has 0 radical (unpaired) electrons. The van der Waals surface area contributed by atoms with Crippen LogP contribution in [0.25, 0.3) is 32.9 Å². The second kappa shape index (κ2) is 14.8. The number of nitrogens with zero attached hydrogens (tertiary/aromatic N) is 6. The first-order valence-electron chi connectivity index (χ1n) is 21.9. The highest BCUT2D eigenvalue weighted by Crippen LogP contribution is 2.47. The molecule has 0 spiro atoms. The molecular weight excluding hydrogens is 783 g/mol. The number of halogens is 2. The highest BCUT2D eigenvalue weighted by molar-refractivity contribution is 6.74. The molecule has 0 aliphatic carbocycles. The second-order valence-electron chi connectivity index (χ2n) is 20.4. The van der Waals surface area contributed by atoms with Gasteiger partial charge in [0.2, 0.25) is 5.88 Å². The molecule has 1 unspecified atom stereocenters. The third-order valence-electron chi connectivity index (χ3n) is 14.1. The lowest BCUT2D eigenvalue weighted by Crippen LogP contribution is -2.63. The zero-order valence-electron chi connectivity index (χ0n) is 36.6. The van der Waals surface area contributed by atoms with Crippen molar-refractivity contribution in [2.75, 3.05) is 37.7 Å². The van der Waals surface area contributed by atoms with Crippen LogP contribution in [-0.2, 0) is 15.6 Å². The summed E-state index contributed by atoms with van der Waals surface area (Å²) < 4.78 is 58.4. The summed E-state index contributed by atoms with van der Waals surface area (Å²) in [5.74, 6) is 0.104. The predicted molar refractivity (Wildman–Crippen MR) is 232 cm³/mol. The Morgan fingerprint density at radius 1 is 1.02 bits per heavy atom. The number of carbonyl (C=O) groups excluding carboxylic acids is 1. The summed E-state index contributed by atoms with van der Waals surface area (Å²) in [6, 6.07) is 11.4. The van der Waals surface area contributed by atoms with Crippen LogP contribution in [0.3, 0.4) is 0 Å². The fourth-order valence-corrected chi connectivity index (χ4v) is 11.8. The Morgan fingerprint density at radius 2 is 1.78 bits per heavy atom. The third kappa shape index (κ3) is 7.17. The molecule has 60 heavy (non-hydrogen) atoms. The molecule has 7 heterocycles. The summed E-state index contributed by atoms with van der Waals surface area (Å²) in [6.07, 6.45) is 3.00. The summed E-state index contributed by atoms with van der Waals surface area (Å²) in [5, 5.41) is 2.28. The first-order valence-corrected chi connectivity index (χ1v) is 24.8. The Bertz CT molecular complexity index is 2330. The van der Waals surface area contributed by atoms with Crippen molar-refractivity contribution >= 4 is 41.9 Å². The van der Waals surface area contributed by atoms with E-state index < -0.39 is 31.4 Å². The third-order valence-corrected chi connectivity index (χ3v) is 18.7. The number of amides is 1. The maximum atomic E-state index is 17.8. The molecule has 2 aromatic carbocycles. The SMILES string of the molecule is CC(Cc1cccc2cccc(-c3nc4c5c(nc(OC[C@@]67CCCN6C[C@H](F)C7)nc5c3F)N3C[C@H]5CC[C@@H]([C@H]3CO4)N5C(=O)OC(C)(C)C)c12)O[Si](C)(C)C(C)(C)C. The second-order valence-corrected chi connectivity index (χ2v) is 25.2. The van der Waals surface area contributed by atoms with E-state index in [9.17, 15) is 9.18 Å². The molecule has 2 aromatic heterocycles. The number of piperazine rings is 1. The molecule has 14 heteroatoms. The van der Waals surface area contributed by atoms with Crippen molar-refractivity contribution in [3.05, 3.63) is 47.8 Å². The Hall–Kier alpha value is -4.14. The molecule has 11 nitrogen and oxygen atoms in total. The number of hydrogen-bond donors (Lipinski definition) is 0. The van der Waals surface area contributed by atoms with E-state index in [1.54, 1.807) is 0 Å². The van der Waals surface area contributed by atoms with Crippen LogP contribution >= 0.6 is 0 Å². The molecule has 4 fully saturated rings. The molecule has 5 aliphatic rings. The average Bonchev–Trinajstić information content (AvgIpc) is 3.77. The van der Waals surface area contributed by atoms with E-state index in [4.69, 9.17) is 33.6 Å². The van der Waals surface area contributed by atoms with Gasteiger partial charge in [-0.05, 0) is 101 Å². The van der Waals surface area contributed by atoms with Gasteiger partial charge in [-0.15, -0.1) is 0 Å². The Morgan fingerprint density at radius 3 is 2.53 bits per heavy atom. The number of hydrogen-bond acceptors (Lipinski definition) is 10. The first kappa shape index (κ1) is 41.2. The number of pyridine rings is 1. The molecule has 9 rings (SSSR count). The maximum absolute atomic E-state index is 17.8. The van der Waals surface area contributed by atoms with Crippen LogP contribution in [0.2, 0.25) is 18.1 Å². The molecule has 4 saturated heterocycles. The van der Waals surface area contributed by atoms with Crippen molar-refractivity contribution in [3.63, 3.8) is 0 Å². The molecule has 0 N–H and O–H groups in total. The van der Waals surface area contributed by atoms with E-state index >= 15 is 4.39 Å². The normalized spacial score (nSPS) is 25.9. The summed E-state index contributed by atoms with van der Waals surface area (Å²) in [6.45, 7) is 21.0. The monoisotopic (exact) mass is 842 g/mol. The van der Waals surface area contributed by atoms with Gasteiger partial charge in [-0.3, -0.25) is 9.80 Å². The van der Waals surface area contributed by atoms with Gasteiger partial charge in [0.1, 0.15) is 47.4 Å².